The van der Waals surface area contributed by atoms with Crippen LogP contribution in [0, 0.1) is 5.82 Å². The molecule has 1 heterocycles. The second-order valence-electron chi connectivity index (χ2n) is 8.69. The molecule has 1 fully saturated rings. The molecule has 0 aromatic heterocycles. The molecule has 6 nitrogen and oxygen atoms in total. The van der Waals surface area contributed by atoms with Gasteiger partial charge in [-0.2, -0.15) is 0 Å². The van der Waals surface area contributed by atoms with Crippen LogP contribution in [0.25, 0.3) is 0 Å². The summed E-state index contributed by atoms with van der Waals surface area (Å²) in [7, 11) is 0. The van der Waals surface area contributed by atoms with Gasteiger partial charge in [0.2, 0.25) is 0 Å². The van der Waals surface area contributed by atoms with Crippen LogP contribution in [0.1, 0.15) is 29.3 Å². The highest BCUT2D eigenvalue weighted by molar-refractivity contribution is 7.80. The van der Waals surface area contributed by atoms with Crippen molar-refractivity contribution in [3.8, 4) is 5.75 Å². The minimum Gasteiger partial charge on any atom is -0.494 e. The van der Waals surface area contributed by atoms with E-state index in [-0.39, 0.29) is 16.8 Å². The molecule has 0 saturated carbocycles. The van der Waals surface area contributed by atoms with E-state index >= 15 is 0 Å². The van der Waals surface area contributed by atoms with Crippen LogP contribution in [0.15, 0.2) is 72.8 Å². The lowest BCUT2D eigenvalue weighted by Crippen LogP contribution is -2.46. The third-order valence-corrected chi connectivity index (χ3v) is 6.21. The number of hydrogen-bond acceptors (Lipinski definition) is 5. The molecule has 0 atom stereocenters. The molecule has 8 heteroatoms. The highest BCUT2D eigenvalue weighted by atomic mass is 32.1. The van der Waals surface area contributed by atoms with Gasteiger partial charge in [0, 0.05) is 55.2 Å². The van der Waals surface area contributed by atoms with Gasteiger partial charge in [0.25, 0.3) is 5.91 Å². The molecule has 0 bridgehead atoms. The fraction of sp³-hybridized carbons (Fsp3) is 0.286. The van der Waals surface area contributed by atoms with E-state index in [1.165, 1.54) is 6.07 Å². The van der Waals surface area contributed by atoms with Crippen molar-refractivity contribution >= 4 is 34.6 Å². The molecule has 3 aromatic rings. The van der Waals surface area contributed by atoms with E-state index in [0.717, 1.165) is 49.5 Å². The Balaban J connectivity index is 1.25. The normalized spacial score (nSPS) is 13.8. The monoisotopic (exact) mass is 506 g/mol. The van der Waals surface area contributed by atoms with Crippen molar-refractivity contribution in [3.05, 3.63) is 89.7 Å². The van der Waals surface area contributed by atoms with E-state index in [2.05, 4.69) is 20.4 Å². The Morgan fingerprint density at radius 1 is 1.00 bits per heavy atom. The lowest BCUT2D eigenvalue weighted by molar-refractivity contribution is 0.0977. The van der Waals surface area contributed by atoms with Gasteiger partial charge in [-0.05, 0) is 67.2 Å². The van der Waals surface area contributed by atoms with Crippen molar-refractivity contribution in [1.82, 2.24) is 10.2 Å². The molecule has 1 aliphatic rings. The smallest absolute Gasteiger partial charge is 0.257 e. The fourth-order valence-corrected chi connectivity index (χ4v) is 4.28. The Morgan fingerprint density at radius 3 is 2.47 bits per heavy atom. The number of nitrogens with zero attached hydrogens (tertiary/aromatic N) is 2. The second kappa shape index (κ2) is 12.5. The molecular formula is C28H31FN4O2S. The molecular weight excluding hydrogens is 475 g/mol. The SMILES string of the molecule is CCCOc1cccc(C(=O)NC(=S)Nc2ccc(N3CCN(Cc4ccccc4F)CC3)cc2)c1. The van der Waals surface area contributed by atoms with Gasteiger partial charge in [-0.25, -0.2) is 4.39 Å². The van der Waals surface area contributed by atoms with Crippen LogP contribution in [0.4, 0.5) is 15.8 Å². The summed E-state index contributed by atoms with van der Waals surface area (Å²) < 4.78 is 19.5. The van der Waals surface area contributed by atoms with Crippen LogP contribution < -0.4 is 20.3 Å². The van der Waals surface area contributed by atoms with Gasteiger partial charge in [-0.3, -0.25) is 15.0 Å². The number of piperazine rings is 1. The quantitative estimate of drug-likeness (QED) is 0.417. The first kappa shape index (κ1) is 25.6. The zero-order valence-electron chi connectivity index (χ0n) is 20.4. The van der Waals surface area contributed by atoms with Gasteiger partial charge >= 0.3 is 0 Å². The van der Waals surface area contributed by atoms with Crippen LogP contribution in [-0.2, 0) is 6.54 Å². The summed E-state index contributed by atoms with van der Waals surface area (Å²) in [5.74, 6) is 0.220. The van der Waals surface area contributed by atoms with Crippen molar-refractivity contribution in [2.24, 2.45) is 0 Å². The third kappa shape index (κ3) is 7.02. The first-order chi connectivity index (χ1) is 17.5. The zero-order chi connectivity index (χ0) is 25.3. The van der Waals surface area contributed by atoms with Gasteiger partial charge in [0.05, 0.1) is 6.61 Å². The highest BCUT2D eigenvalue weighted by Gasteiger charge is 2.18. The summed E-state index contributed by atoms with van der Waals surface area (Å²) in [6.07, 6.45) is 0.898. The van der Waals surface area contributed by atoms with Crippen molar-refractivity contribution in [2.45, 2.75) is 19.9 Å². The third-order valence-electron chi connectivity index (χ3n) is 6.01. The molecule has 188 valence electrons. The molecule has 0 spiro atoms. The van der Waals surface area contributed by atoms with E-state index in [4.69, 9.17) is 17.0 Å². The number of hydrogen-bond donors (Lipinski definition) is 2. The standard InChI is InChI=1S/C28H31FN4O2S/c1-2-18-35-25-8-5-7-21(19-25)27(34)31-28(36)30-23-10-12-24(13-11-23)33-16-14-32(15-17-33)20-22-6-3-4-9-26(22)29/h3-13,19H,2,14-18,20H2,1H3,(H2,30,31,34,36). The van der Waals surface area contributed by atoms with Gasteiger partial charge in [-0.1, -0.05) is 31.2 Å². The predicted molar refractivity (Wildman–Crippen MR) is 146 cm³/mol. The molecule has 0 aliphatic carbocycles. The van der Waals surface area contributed by atoms with Crippen LogP contribution in [-0.4, -0.2) is 48.7 Å². The van der Waals surface area contributed by atoms with Crippen molar-refractivity contribution in [2.75, 3.05) is 43.0 Å². The van der Waals surface area contributed by atoms with E-state index in [1.807, 2.05) is 49.4 Å². The summed E-state index contributed by atoms with van der Waals surface area (Å²) in [5.41, 5.74) is 3.13. The number of anilines is 2. The van der Waals surface area contributed by atoms with Gasteiger partial charge in [0.15, 0.2) is 5.11 Å². The number of rotatable bonds is 8. The fourth-order valence-electron chi connectivity index (χ4n) is 4.07. The number of nitrogens with one attached hydrogen (secondary N) is 2. The minimum atomic E-state index is -0.292. The van der Waals surface area contributed by atoms with Crippen LogP contribution >= 0.6 is 12.2 Å². The first-order valence-corrected chi connectivity index (χ1v) is 12.6. The van der Waals surface area contributed by atoms with Gasteiger partial charge in [0.1, 0.15) is 11.6 Å². The van der Waals surface area contributed by atoms with Crippen molar-refractivity contribution < 1.29 is 13.9 Å². The average Bonchev–Trinajstić information content (AvgIpc) is 2.90. The largest absolute Gasteiger partial charge is 0.494 e. The van der Waals surface area contributed by atoms with Crippen LogP contribution in [0.3, 0.4) is 0 Å². The van der Waals surface area contributed by atoms with E-state index in [0.29, 0.717) is 24.5 Å². The number of amides is 1. The molecule has 1 amide bonds. The van der Waals surface area contributed by atoms with Gasteiger partial charge in [-0.15, -0.1) is 0 Å². The number of thiocarbonyl (C=S) groups is 1. The van der Waals surface area contributed by atoms with Gasteiger partial charge < -0.3 is 15.0 Å². The molecule has 36 heavy (non-hydrogen) atoms. The maximum absolute atomic E-state index is 13.9. The zero-order valence-corrected chi connectivity index (χ0v) is 21.2. The number of carbonyl (C=O) groups excluding carboxylic acids is 1. The summed E-state index contributed by atoms with van der Waals surface area (Å²) in [4.78, 5) is 17.2. The summed E-state index contributed by atoms with van der Waals surface area (Å²) in [6, 6.07) is 22.0. The molecule has 0 unspecified atom stereocenters. The Morgan fingerprint density at radius 2 is 1.75 bits per heavy atom. The summed E-state index contributed by atoms with van der Waals surface area (Å²) >= 11 is 5.33. The van der Waals surface area contributed by atoms with E-state index in [9.17, 15) is 9.18 Å². The second-order valence-corrected chi connectivity index (χ2v) is 9.09. The first-order valence-electron chi connectivity index (χ1n) is 12.2. The number of halogens is 1. The average molecular weight is 507 g/mol. The minimum absolute atomic E-state index is 0.147. The Bertz CT molecular complexity index is 1180. The molecule has 1 saturated heterocycles. The molecule has 1 aliphatic heterocycles. The molecule has 3 aromatic carbocycles. The van der Waals surface area contributed by atoms with Crippen molar-refractivity contribution in [3.63, 3.8) is 0 Å². The maximum atomic E-state index is 13.9. The maximum Gasteiger partial charge on any atom is 0.257 e. The molecule has 4 rings (SSSR count). The topological polar surface area (TPSA) is 56.8 Å². The predicted octanol–water partition coefficient (Wildman–Crippen LogP) is 5.06. The Labute approximate surface area is 217 Å². The highest BCUT2D eigenvalue weighted by Crippen LogP contribution is 2.21. The number of carbonyl (C=O) groups is 1. The molecule has 0 radical (unpaired) electrons. The Kier molecular flexibility index (Phi) is 8.86. The lowest BCUT2D eigenvalue weighted by atomic mass is 10.1. The van der Waals surface area contributed by atoms with Crippen LogP contribution in [0.2, 0.25) is 0 Å². The van der Waals surface area contributed by atoms with Crippen molar-refractivity contribution in [1.29, 1.82) is 0 Å². The summed E-state index contributed by atoms with van der Waals surface area (Å²) in [6.45, 7) is 6.74. The number of ether oxygens (including phenoxy) is 1. The van der Waals surface area contributed by atoms with Crippen LogP contribution in [0.5, 0.6) is 5.75 Å². The number of benzene rings is 3. The Hall–Kier alpha value is -3.49. The summed E-state index contributed by atoms with van der Waals surface area (Å²) in [5, 5.41) is 6.02. The van der Waals surface area contributed by atoms with E-state index in [1.54, 1.807) is 24.3 Å². The van der Waals surface area contributed by atoms with E-state index < -0.39 is 0 Å². The molecule has 2 N–H and O–H groups in total. The lowest BCUT2D eigenvalue weighted by Gasteiger charge is -2.36.